The van der Waals surface area contributed by atoms with Crippen LogP contribution in [0.25, 0.3) is 0 Å². The van der Waals surface area contributed by atoms with Crippen LogP contribution in [-0.4, -0.2) is 9.78 Å². The molecule has 1 aliphatic rings. The van der Waals surface area contributed by atoms with Crippen molar-refractivity contribution in [1.29, 1.82) is 5.26 Å². The van der Waals surface area contributed by atoms with Gasteiger partial charge < -0.3 is 0 Å². The number of alkyl halides is 3. The summed E-state index contributed by atoms with van der Waals surface area (Å²) in [4.78, 5) is 0. The summed E-state index contributed by atoms with van der Waals surface area (Å²) < 4.78 is 38.0. The van der Waals surface area contributed by atoms with Crippen LogP contribution in [0.15, 0.2) is 6.07 Å². The number of nitrogens with zero attached hydrogens (tertiary/aromatic N) is 3. The molecule has 1 heterocycles. The summed E-state index contributed by atoms with van der Waals surface area (Å²) >= 11 is 0. The Bertz CT molecular complexity index is 409. The van der Waals surface area contributed by atoms with E-state index in [9.17, 15) is 13.2 Å². The van der Waals surface area contributed by atoms with Gasteiger partial charge >= 0.3 is 6.18 Å². The van der Waals surface area contributed by atoms with Gasteiger partial charge in [-0.1, -0.05) is 0 Å². The molecule has 80 valence electrons. The SMILES string of the molecule is N#Cc1cc(C(F)(F)F)nn1CC1CC1. The molecule has 2 rings (SSSR count). The Morgan fingerprint density at radius 2 is 2.20 bits per heavy atom. The largest absolute Gasteiger partial charge is 0.435 e. The second-order valence-electron chi connectivity index (χ2n) is 3.65. The number of nitriles is 1. The number of aromatic nitrogens is 2. The number of hydrogen-bond acceptors (Lipinski definition) is 2. The van der Waals surface area contributed by atoms with Gasteiger partial charge in [-0.2, -0.15) is 23.5 Å². The lowest BCUT2D eigenvalue weighted by atomic mass is 10.3. The van der Waals surface area contributed by atoms with Gasteiger partial charge in [-0.3, -0.25) is 4.68 Å². The van der Waals surface area contributed by atoms with Crippen molar-refractivity contribution < 1.29 is 13.2 Å². The zero-order chi connectivity index (χ0) is 11.1. The van der Waals surface area contributed by atoms with E-state index in [-0.39, 0.29) is 5.69 Å². The first-order chi connectivity index (χ1) is 7.00. The van der Waals surface area contributed by atoms with Crippen LogP contribution in [0.3, 0.4) is 0 Å². The van der Waals surface area contributed by atoms with Crippen LogP contribution in [0, 0.1) is 17.2 Å². The topological polar surface area (TPSA) is 41.6 Å². The number of halogens is 3. The summed E-state index contributed by atoms with van der Waals surface area (Å²) in [5.74, 6) is 0.387. The van der Waals surface area contributed by atoms with Crippen LogP contribution >= 0.6 is 0 Å². The predicted molar refractivity (Wildman–Crippen MR) is 44.7 cm³/mol. The van der Waals surface area contributed by atoms with Gasteiger partial charge in [0.15, 0.2) is 5.69 Å². The van der Waals surface area contributed by atoms with Gasteiger partial charge in [-0.25, -0.2) is 0 Å². The monoisotopic (exact) mass is 215 g/mol. The first-order valence-electron chi connectivity index (χ1n) is 4.56. The van der Waals surface area contributed by atoms with Gasteiger partial charge in [0.2, 0.25) is 0 Å². The summed E-state index contributed by atoms with van der Waals surface area (Å²) in [6.45, 7) is 0.416. The van der Waals surface area contributed by atoms with Crippen LogP contribution in [-0.2, 0) is 12.7 Å². The highest BCUT2D eigenvalue weighted by molar-refractivity contribution is 5.24. The van der Waals surface area contributed by atoms with Crippen molar-refractivity contribution in [2.45, 2.75) is 25.6 Å². The van der Waals surface area contributed by atoms with Crippen LogP contribution in [0.2, 0.25) is 0 Å². The fourth-order valence-corrected chi connectivity index (χ4v) is 1.33. The van der Waals surface area contributed by atoms with Gasteiger partial charge in [0, 0.05) is 12.6 Å². The summed E-state index contributed by atoms with van der Waals surface area (Å²) in [6, 6.07) is 2.52. The molecule has 0 radical (unpaired) electrons. The van der Waals surface area contributed by atoms with Gasteiger partial charge in [-0.05, 0) is 18.8 Å². The molecule has 1 fully saturated rings. The van der Waals surface area contributed by atoms with E-state index in [1.165, 1.54) is 0 Å². The average Bonchev–Trinajstić information content (AvgIpc) is 2.82. The van der Waals surface area contributed by atoms with E-state index in [1.807, 2.05) is 0 Å². The Hall–Kier alpha value is -1.51. The number of hydrogen-bond donors (Lipinski definition) is 0. The fourth-order valence-electron chi connectivity index (χ4n) is 1.33. The molecular formula is C9H8F3N3. The molecule has 0 spiro atoms. The molecule has 1 aliphatic carbocycles. The molecule has 0 bridgehead atoms. The highest BCUT2D eigenvalue weighted by atomic mass is 19.4. The average molecular weight is 215 g/mol. The van der Waals surface area contributed by atoms with Gasteiger partial charge in [0.1, 0.15) is 11.8 Å². The Labute approximate surface area is 84.1 Å². The van der Waals surface area contributed by atoms with Gasteiger partial charge in [0.05, 0.1) is 0 Å². The third-order valence-corrected chi connectivity index (χ3v) is 2.31. The quantitative estimate of drug-likeness (QED) is 0.758. The molecule has 1 aromatic rings. The third kappa shape index (κ3) is 2.12. The fraction of sp³-hybridized carbons (Fsp3) is 0.556. The molecule has 0 N–H and O–H groups in total. The lowest BCUT2D eigenvalue weighted by Crippen LogP contribution is -2.09. The Kier molecular flexibility index (Phi) is 2.18. The highest BCUT2D eigenvalue weighted by Gasteiger charge is 2.35. The summed E-state index contributed by atoms with van der Waals surface area (Å²) in [7, 11) is 0. The highest BCUT2D eigenvalue weighted by Crippen LogP contribution is 2.32. The minimum absolute atomic E-state index is 0.0192. The van der Waals surface area contributed by atoms with Crippen LogP contribution in [0.4, 0.5) is 13.2 Å². The molecular weight excluding hydrogens is 207 g/mol. The molecule has 1 aromatic heterocycles. The smallest absolute Gasteiger partial charge is 0.254 e. The second-order valence-corrected chi connectivity index (χ2v) is 3.65. The molecule has 0 aliphatic heterocycles. The maximum absolute atomic E-state index is 12.3. The second kappa shape index (κ2) is 3.26. The van der Waals surface area contributed by atoms with E-state index >= 15 is 0 Å². The van der Waals surface area contributed by atoms with E-state index in [2.05, 4.69) is 5.10 Å². The molecule has 0 unspecified atom stereocenters. The lowest BCUT2D eigenvalue weighted by molar-refractivity contribution is -0.141. The van der Waals surface area contributed by atoms with Crippen molar-refractivity contribution in [1.82, 2.24) is 9.78 Å². The maximum atomic E-state index is 12.3. The van der Waals surface area contributed by atoms with E-state index in [0.717, 1.165) is 23.6 Å². The molecule has 0 aromatic carbocycles. The third-order valence-electron chi connectivity index (χ3n) is 2.31. The van der Waals surface area contributed by atoms with Crippen molar-refractivity contribution in [2.75, 3.05) is 0 Å². The van der Waals surface area contributed by atoms with Crippen molar-refractivity contribution in [2.24, 2.45) is 5.92 Å². The molecule has 6 heteroatoms. The minimum atomic E-state index is -4.47. The Morgan fingerprint density at radius 3 is 2.67 bits per heavy atom. The standard InChI is InChI=1S/C9H8F3N3/c10-9(11,12)8-3-7(4-13)15(14-8)5-6-1-2-6/h3,6H,1-2,5H2. The van der Waals surface area contributed by atoms with Gasteiger partial charge in [-0.15, -0.1) is 0 Å². The first-order valence-corrected chi connectivity index (χ1v) is 4.56. The normalized spacial score (nSPS) is 16.4. The molecule has 1 saturated carbocycles. The summed E-state index contributed by atoms with van der Waals surface area (Å²) in [6.07, 6.45) is -2.46. The van der Waals surface area contributed by atoms with Crippen molar-refractivity contribution in [3.05, 3.63) is 17.5 Å². The number of rotatable bonds is 2. The maximum Gasteiger partial charge on any atom is 0.435 e. The van der Waals surface area contributed by atoms with Gasteiger partial charge in [0.25, 0.3) is 0 Å². The molecule has 0 saturated heterocycles. The molecule has 0 atom stereocenters. The Balaban J connectivity index is 2.28. The van der Waals surface area contributed by atoms with Crippen molar-refractivity contribution in [3.63, 3.8) is 0 Å². The zero-order valence-corrected chi connectivity index (χ0v) is 7.75. The van der Waals surface area contributed by atoms with Crippen molar-refractivity contribution in [3.8, 4) is 6.07 Å². The Morgan fingerprint density at radius 1 is 1.53 bits per heavy atom. The lowest BCUT2D eigenvalue weighted by Gasteiger charge is -2.01. The van der Waals surface area contributed by atoms with Crippen LogP contribution in [0.5, 0.6) is 0 Å². The van der Waals surface area contributed by atoms with Crippen LogP contribution in [0.1, 0.15) is 24.2 Å². The van der Waals surface area contributed by atoms with Crippen molar-refractivity contribution >= 4 is 0 Å². The predicted octanol–water partition coefficient (Wildman–Crippen LogP) is 2.18. The van der Waals surface area contributed by atoms with E-state index in [0.29, 0.717) is 12.5 Å². The zero-order valence-electron chi connectivity index (χ0n) is 7.75. The van der Waals surface area contributed by atoms with E-state index in [4.69, 9.17) is 5.26 Å². The first kappa shape index (κ1) is 10.0. The molecule has 3 nitrogen and oxygen atoms in total. The van der Waals surface area contributed by atoms with Crippen LogP contribution < -0.4 is 0 Å². The molecule has 15 heavy (non-hydrogen) atoms. The van der Waals surface area contributed by atoms with E-state index in [1.54, 1.807) is 6.07 Å². The minimum Gasteiger partial charge on any atom is -0.254 e. The summed E-state index contributed by atoms with van der Waals surface area (Å²) in [5.41, 5.74) is -1.01. The summed E-state index contributed by atoms with van der Waals surface area (Å²) in [5, 5.41) is 12.1. The molecule has 0 amide bonds. The van der Waals surface area contributed by atoms with E-state index < -0.39 is 11.9 Å².